The van der Waals surface area contributed by atoms with Crippen molar-refractivity contribution in [2.75, 3.05) is 25.1 Å². The minimum Gasteiger partial charge on any atom is -0.478 e. The third kappa shape index (κ3) is 4.71. The number of carbonyl (C=O) groups excluding carboxylic acids is 1. The molecule has 1 aliphatic heterocycles. The number of carboxylic acids is 1. The zero-order valence-corrected chi connectivity index (χ0v) is 13.0. The number of halogens is 1. The molecule has 2 rings (SSSR count). The topological polar surface area (TPSA) is 87.7 Å². The lowest BCUT2D eigenvalue weighted by Crippen LogP contribution is -2.35. The summed E-state index contributed by atoms with van der Waals surface area (Å²) in [5.41, 5.74) is 0.685. The first-order valence-electron chi connectivity index (χ1n) is 6.71. The highest BCUT2D eigenvalue weighted by molar-refractivity contribution is 9.10. The van der Waals surface area contributed by atoms with Gasteiger partial charge in [-0.3, -0.25) is 0 Å². The highest BCUT2D eigenvalue weighted by Gasteiger charge is 2.15. The van der Waals surface area contributed by atoms with Crippen LogP contribution in [0.3, 0.4) is 0 Å². The Morgan fingerprint density at radius 1 is 1.43 bits per heavy atom. The molecule has 3 N–H and O–H groups in total. The third-order valence-corrected chi connectivity index (χ3v) is 3.93. The minimum atomic E-state index is -1.01. The van der Waals surface area contributed by atoms with Gasteiger partial charge in [-0.05, 0) is 52.9 Å². The van der Waals surface area contributed by atoms with Crippen LogP contribution < -0.4 is 10.6 Å². The van der Waals surface area contributed by atoms with Crippen molar-refractivity contribution in [2.45, 2.75) is 12.8 Å². The fraction of sp³-hybridized carbons (Fsp3) is 0.429. The van der Waals surface area contributed by atoms with E-state index in [1.54, 1.807) is 6.07 Å². The Balaban J connectivity index is 1.85. The minimum absolute atomic E-state index is 0.159. The van der Waals surface area contributed by atoms with Crippen LogP contribution in [0.15, 0.2) is 22.7 Å². The average Bonchev–Trinajstić information content (AvgIpc) is 2.48. The summed E-state index contributed by atoms with van der Waals surface area (Å²) in [5.74, 6) is -0.661. The maximum atomic E-state index is 11.8. The summed E-state index contributed by atoms with van der Waals surface area (Å²) in [6, 6.07) is 4.13. The molecule has 1 aromatic rings. The Morgan fingerprint density at radius 3 is 2.86 bits per heavy atom. The molecule has 0 aliphatic carbocycles. The highest BCUT2D eigenvalue weighted by atomic mass is 79.9. The number of nitrogens with one attached hydrogen (secondary N) is 2. The van der Waals surface area contributed by atoms with E-state index in [2.05, 4.69) is 26.6 Å². The molecule has 0 saturated carbocycles. The molecule has 6 nitrogen and oxygen atoms in total. The van der Waals surface area contributed by atoms with Gasteiger partial charge in [0.15, 0.2) is 0 Å². The second kappa shape index (κ2) is 7.42. The predicted octanol–water partition coefficient (Wildman–Crippen LogP) is 2.70. The van der Waals surface area contributed by atoms with E-state index in [9.17, 15) is 9.59 Å². The molecule has 21 heavy (non-hydrogen) atoms. The molecule has 7 heteroatoms. The van der Waals surface area contributed by atoms with Gasteiger partial charge in [-0.25, -0.2) is 9.59 Å². The largest absolute Gasteiger partial charge is 0.478 e. The molecule has 0 bridgehead atoms. The maximum absolute atomic E-state index is 11.8. The van der Waals surface area contributed by atoms with E-state index in [0.29, 0.717) is 29.2 Å². The second-order valence-corrected chi connectivity index (χ2v) is 5.77. The number of urea groups is 1. The summed E-state index contributed by atoms with van der Waals surface area (Å²) >= 11 is 3.25. The van der Waals surface area contributed by atoms with Crippen molar-refractivity contribution in [3.8, 4) is 0 Å². The van der Waals surface area contributed by atoms with Gasteiger partial charge in [-0.2, -0.15) is 0 Å². The van der Waals surface area contributed by atoms with Gasteiger partial charge in [-0.15, -0.1) is 0 Å². The normalized spacial score (nSPS) is 18.0. The zero-order valence-electron chi connectivity index (χ0n) is 11.4. The van der Waals surface area contributed by atoms with Gasteiger partial charge in [-0.1, -0.05) is 0 Å². The zero-order chi connectivity index (χ0) is 15.2. The first-order chi connectivity index (χ1) is 10.1. The van der Waals surface area contributed by atoms with Crippen molar-refractivity contribution in [3.05, 3.63) is 28.2 Å². The molecule has 0 aromatic heterocycles. The Bertz CT molecular complexity index is 530. The van der Waals surface area contributed by atoms with E-state index in [1.165, 1.54) is 12.1 Å². The number of benzene rings is 1. The van der Waals surface area contributed by atoms with Crippen molar-refractivity contribution in [1.82, 2.24) is 5.32 Å². The van der Waals surface area contributed by atoms with Gasteiger partial charge in [0.1, 0.15) is 0 Å². The van der Waals surface area contributed by atoms with Gasteiger partial charge in [0.05, 0.1) is 17.9 Å². The highest BCUT2D eigenvalue weighted by Crippen LogP contribution is 2.23. The van der Waals surface area contributed by atoms with E-state index in [-0.39, 0.29) is 11.6 Å². The summed E-state index contributed by atoms with van der Waals surface area (Å²) in [7, 11) is 0. The van der Waals surface area contributed by atoms with Crippen LogP contribution in [0.1, 0.15) is 23.2 Å². The number of hydrogen-bond donors (Lipinski definition) is 3. The number of carboxylic acid groups (broad SMARTS) is 1. The molecule has 1 aromatic carbocycles. The van der Waals surface area contributed by atoms with Crippen molar-refractivity contribution < 1.29 is 19.4 Å². The third-order valence-electron chi connectivity index (χ3n) is 3.27. The van der Waals surface area contributed by atoms with Gasteiger partial charge in [0.2, 0.25) is 0 Å². The second-order valence-electron chi connectivity index (χ2n) is 4.92. The van der Waals surface area contributed by atoms with Gasteiger partial charge in [0.25, 0.3) is 0 Å². The monoisotopic (exact) mass is 356 g/mol. The molecule has 2 amide bonds. The molecule has 0 radical (unpaired) electrons. The van der Waals surface area contributed by atoms with E-state index in [4.69, 9.17) is 9.84 Å². The first-order valence-corrected chi connectivity index (χ1v) is 7.51. The van der Waals surface area contributed by atoms with E-state index < -0.39 is 5.97 Å². The van der Waals surface area contributed by atoms with Crippen molar-refractivity contribution in [1.29, 1.82) is 0 Å². The van der Waals surface area contributed by atoms with E-state index in [0.717, 1.165) is 19.4 Å². The smallest absolute Gasteiger partial charge is 0.335 e. The number of aromatic carboxylic acids is 1. The van der Waals surface area contributed by atoms with Crippen LogP contribution >= 0.6 is 15.9 Å². The molecule has 0 spiro atoms. The number of ether oxygens (including phenoxy) is 1. The van der Waals surface area contributed by atoms with Crippen molar-refractivity contribution in [2.24, 2.45) is 5.92 Å². The van der Waals surface area contributed by atoms with Gasteiger partial charge in [0, 0.05) is 17.6 Å². The Hall–Kier alpha value is -1.60. The van der Waals surface area contributed by atoms with Gasteiger partial charge >= 0.3 is 12.0 Å². The SMILES string of the molecule is O=C(NCC1CCCOC1)Nc1ccc(C(=O)O)cc1Br. The fourth-order valence-electron chi connectivity index (χ4n) is 2.12. The van der Waals surface area contributed by atoms with Crippen LogP contribution in [0, 0.1) is 5.92 Å². The van der Waals surface area contributed by atoms with Crippen LogP contribution in [0.25, 0.3) is 0 Å². The fourth-order valence-corrected chi connectivity index (χ4v) is 2.60. The lowest BCUT2D eigenvalue weighted by atomic mass is 10.0. The summed E-state index contributed by atoms with van der Waals surface area (Å²) < 4.78 is 5.88. The Morgan fingerprint density at radius 2 is 2.24 bits per heavy atom. The van der Waals surface area contributed by atoms with Crippen molar-refractivity contribution >= 4 is 33.6 Å². The molecule has 1 unspecified atom stereocenters. The van der Waals surface area contributed by atoms with Crippen LogP contribution in [-0.2, 0) is 4.74 Å². The summed E-state index contributed by atoms with van der Waals surface area (Å²) in [5, 5.41) is 14.4. The van der Waals surface area contributed by atoms with Crippen molar-refractivity contribution in [3.63, 3.8) is 0 Å². The van der Waals surface area contributed by atoms with Gasteiger partial charge < -0.3 is 20.5 Å². The molecule has 1 atom stereocenters. The summed E-state index contributed by atoms with van der Waals surface area (Å²) in [4.78, 5) is 22.7. The molecular formula is C14H17BrN2O4. The summed E-state index contributed by atoms with van der Waals surface area (Å²) in [6.45, 7) is 2.04. The number of rotatable bonds is 4. The van der Waals surface area contributed by atoms with Crippen LogP contribution in [0.2, 0.25) is 0 Å². The van der Waals surface area contributed by atoms with Crippen LogP contribution in [0.5, 0.6) is 0 Å². The predicted molar refractivity (Wildman–Crippen MR) is 81.7 cm³/mol. The number of amides is 2. The average molecular weight is 357 g/mol. The van der Waals surface area contributed by atoms with Crippen LogP contribution in [0.4, 0.5) is 10.5 Å². The Kier molecular flexibility index (Phi) is 5.58. The first kappa shape index (κ1) is 15.8. The molecule has 1 saturated heterocycles. The summed E-state index contributed by atoms with van der Waals surface area (Å²) in [6.07, 6.45) is 2.08. The molecule has 114 valence electrons. The lowest BCUT2D eigenvalue weighted by Gasteiger charge is -2.22. The van der Waals surface area contributed by atoms with E-state index in [1.807, 2.05) is 0 Å². The number of anilines is 1. The molecule has 1 fully saturated rings. The standard InChI is InChI=1S/C14H17BrN2O4/c15-11-6-10(13(18)19)3-4-12(11)17-14(20)16-7-9-2-1-5-21-8-9/h3-4,6,9H,1-2,5,7-8H2,(H,18,19)(H2,16,17,20). The number of carbonyl (C=O) groups is 2. The van der Waals surface area contributed by atoms with Crippen LogP contribution in [-0.4, -0.2) is 36.9 Å². The lowest BCUT2D eigenvalue weighted by molar-refractivity contribution is 0.0559. The molecule has 1 aliphatic rings. The Labute approximate surface area is 131 Å². The van der Waals surface area contributed by atoms with E-state index >= 15 is 0 Å². The molecule has 1 heterocycles. The maximum Gasteiger partial charge on any atom is 0.335 e. The number of hydrogen-bond acceptors (Lipinski definition) is 3. The molecular weight excluding hydrogens is 340 g/mol. The quantitative estimate of drug-likeness (QED) is 0.773.